The van der Waals surface area contributed by atoms with E-state index in [1.165, 1.54) is 0 Å². The van der Waals surface area contributed by atoms with Gasteiger partial charge in [-0.15, -0.1) is 0 Å². The molecule has 1 N–H and O–H groups in total. The second kappa shape index (κ2) is 8.37. The lowest BCUT2D eigenvalue weighted by molar-refractivity contribution is -0.129. The number of carbonyl (C=O) groups is 3. The Morgan fingerprint density at radius 2 is 1.93 bits per heavy atom. The quantitative estimate of drug-likeness (QED) is 0.700. The minimum absolute atomic E-state index is 0.170. The second-order valence-corrected chi connectivity index (χ2v) is 8.34. The molecule has 2 saturated heterocycles. The highest BCUT2D eigenvalue weighted by Crippen LogP contribution is 2.28. The Morgan fingerprint density at radius 1 is 1.10 bits per heavy atom. The van der Waals surface area contributed by atoms with E-state index in [9.17, 15) is 14.4 Å². The van der Waals surface area contributed by atoms with E-state index in [0.29, 0.717) is 31.6 Å². The van der Waals surface area contributed by atoms with Crippen LogP contribution in [-0.2, 0) is 20.9 Å². The largest absolute Gasteiger partial charge is 0.338 e. The van der Waals surface area contributed by atoms with Gasteiger partial charge in [-0.3, -0.25) is 14.4 Å². The highest BCUT2D eigenvalue weighted by Gasteiger charge is 2.37. The van der Waals surface area contributed by atoms with Gasteiger partial charge in [-0.05, 0) is 48.7 Å². The maximum absolute atomic E-state index is 12.8. The van der Waals surface area contributed by atoms with E-state index in [1.807, 2.05) is 47.4 Å². The van der Waals surface area contributed by atoms with E-state index in [4.69, 9.17) is 0 Å². The molecule has 0 bridgehead atoms. The number of nitrogens with zero attached hydrogens (tertiary/aromatic N) is 2. The van der Waals surface area contributed by atoms with E-state index < -0.39 is 5.92 Å². The summed E-state index contributed by atoms with van der Waals surface area (Å²) in [5, 5.41) is 2.88. The molecule has 6 nitrogen and oxygen atoms in total. The van der Waals surface area contributed by atoms with Crippen molar-refractivity contribution in [2.75, 3.05) is 23.3 Å². The molecular weight excluding hydrogens is 434 g/mol. The van der Waals surface area contributed by atoms with Crippen LogP contribution in [0.2, 0.25) is 0 Å². The van der Waals surface area contributed by atoms with Gasteiger partial charge in [0.1, 0.15) is 5.92 Å². The fourth-order valence-electron chi connectivity index (χ4n) is 3.89. The van der Waals surface area contributed by atoms with E-state index in [1.54, 1.807) is 11.0 Å². The molecule has 2 aromatic rings. The normalized spacial score (nSPS) is 19.1. The third-order valence-corrected chi connectivity index (χ3v) is 5.87. The van der Waals surface area contributed by atoms with Gasteiger partial charge in [0.15, 0.2) is 0 Å². The van der Waals surface area contributed by atoms with Crippen molar-refractivity contribution in [2.24, 2.45) is 5.92 Å². The van der Waals surface area contributed by atoms with Gasteiger partial charge in [0, 0.05) is 41.9 Å². The number of hydrogen-bond acceptors (Lipinski definition) is 3. The Kier molecular flexibility index (Phi) is 5.67. The molecule has 0 saturated carbocycles. The number of halogens is 1. The second-order valence-electron chi connectivity index (χ2n) is 7.42. The van der Waals surface area contributed by atoms with Crippen molar-refractivity contribution in [3.63, 3.8) is 0 Å². The first kappa shape index (κ1) is 19.6. The Hall–Kier alpha value is -2.67. The van der Waals surface area contributed by atoms with Crippen LogP contribution in [0.4, 0.5) is 11.4 Å². The number of nitrogens with one attached hydrogen (secondary N) is 1. The highest BCUT2D eigenvalue weighted by atomic mass is 79.9. The Balaban J connectivity index is 1.41. The molecule has 2 fully saturated rings. The number of carbonyl (C=O) groups excluding carboxylic acids is 3. The van der Waals surface area contributed by atoms with E-state index >= 15 is 0 Å². The topological polar surface area (TPSA) is 69.7 Å². The summed E-state index contributed by atoms with van der Waals surface area (Å²) in [4.78, 5) is 40.9. The summed E-state index contributed by atoms with van der Waals surface area (Å²) in [6, 6.07) is 15.0. The highest BCUT2D eigenvalue weighted by molar-refractivity contribution is 9.10. The molecule has 150 valence electrons. The third kappa shape index (κ3) is 4.34. The van der Waals surface area contributed by atoms with Crippen LogP contribution in [-0.4, -0.2) is 35.7 Å². The van der Waals surface area contributed by atoms with Crippen molar-refractivity contribution >= 4 is 45.0 Å². The molecule has 3 amide bonds. The molecule has 2 aliphatic heterocycles. The molecule has 2 aromatic carbocycles. The van der Waals surface area contributed by atoms with Crippen LogP contribution < -0.4 is 10.2 Å². The van der Waals surface area contributed by atoms with Gasteiger partial charge in [-0.2, -0.15) is 0 Å². The van der Waals surface area contributed by atoms with E-state index in [-0.39, 0.29) is 17.7 Å². The predicted molar refractivity (Wildman–Crippen MR) is 114 cm³/mol. The molecule has 0 aromatic heterocycles. The van der Waals surface area contributed by atoms with Crippen molar-refractivity contribution in [1.82, 2.24) is 4.90 Å². The number of likely N-dealkylation sites (tertiary alicyclic amines) is 1. The summed E-state index contributed by atoms with van der Waals surface area (Å²) in [7, 11) is 0. The van der Waals surface area contributed by atoms with Crippen molar-refractivity contribution in [3.05, 3.63) is 58.6 Å². The number of anilines is 2. The smallest absolute Gasteiger partial charge is 0.239 e. The summed E-state index contributed by atoms with van der Waals surface area (Å²) in [6.45, 7) is 1.84. The van der Waals surface area contributed by atoms with Gasteiger partial charge in [-0.25, -0.2) is 0 Å². The lowest BCUT2D eigenvalue weighted by Crippen LogP contribution is -2.33. The molecule has 1 unspecified atom stereocenters. The van der Waals surface area contributed by atoms with Gasteiger partial charge in [0.05, 0.1) is 0 Å². The van der Waals surface area contributed by atoms with Crippen molar-refractivity contribution in [2.45, 2.75) is 25.8 Å². The first-order valence-corrected chi connectivity index (χ1v) is 10.5. The van der Waals surface area contributed by atoms with E-state index in [2.05, 4.69) is 21.2 Å². The molecule has 0 aliphatic carbocycles. The molecule has 7 heteroatoms. The van der Waals surface area contributed by atoms with E-state index in [0.717, 1.165) is 28.7 Å². The number of hydrogen-bond donors (Lipinski definition) is 1. The lowest BCUT2D eigenvalue weighted by Gasteiger charge is -2.18. The summed E-state index contributed by atoms with van der Waals surface area (Å²) < 4.78 is 0.893. The van der Waals surface area contributed by atoms with Crippen molar-refractivity contribution in [3.8, 4) is 0 Å². The van der Waals surface area contributed by atoms with Crippen molar-refractivity contribution < 1.29 is 14.4 Å². The summed E-state index contributed by atoms with van der Waals surface area (Å²) in [6.07, 6.45) is 1.99. The fourth-order valence-corrected chi connectivity index (χ4v) is 4.28. The van der Waals surface area contributed by atoms with Gasteiger partial charge >= 0.3 is 0 Å². The van der Waals surface area contributed by atoms with Crippen LogP contribution in [0.15, 0.2) is 53.0 Å². The SMILES string of the molecule is O=C(Nc1cccc(CN2CCCC2=O)c1)C1CCN(c2cccc(Br)c2)C1=O. The molecule has 0 spiro atoms. The maximum Gasteiger partial charge on any atom is 0.239 e. The fraction of sp³-hybridized carbons (Fsp3) is 0.318. The molecule has 1 atom stereocenters. The summed E-state index contributed by atoms with van der Waals surface area (Å²) in [5.74, 6) is -0.997. The van der Waals surface area contributed by atoms with Crippen molar-refractivity contribution in [1.29, 1.82) is 0 Å². The summed E-state index contributed by atoms with van der Waals surface area (Å²) in [5.41, 5.74) is 2.40. The summed E-state index contributed by atoms with van der Waals surface area (Å²) >= 11 is 3.42. The molecule has 0 radical (unpaired) electrons. The van der Waals surface area contributed by atoms with Crippen LogP contribution in [0.5, 0.6) is 0 Å². The standard InChI is InChI=1S/C22H22BrN3O3/c23-16-5-2-7-18(13-16)26-11-9-19(22(26)29)21(28)24-17-6-1-4-15(12-17)14-25-10-3-8-20(25)27/h1-2,4-7,12-13,19H,3,8-11,14H2,(H,24,28). The minimum atomic E-state index is -0.696. The average molecular weight is 456 g/mol. The first-order valence-electron chi connectivity index (χ1n) is 9.76. The third-order valence-electron chi connectivity index (χ3n) is 5.38. The lowest BCUT2D eigenvalue weighted by atomic mass is 10.1. The Bertz CT molecular complexity index is 962. The van der Waals surface area contributed by atoms with Crippen LogP contribution in [0.25, 0.3) is 0 Å². The predicted octanol–water partition coefficient (Wildman–Crippen LogP) is 3.56. The number of benzene rings is 2. The number of amides is 3. The molecule has 4 rings (SSSR count). The molecule has 29 heavy (non-hydrogen) atoms. The van der Waals surface area contributed by atoms with Crippen LogP contribution in [0.1, 0.15) is 24.8 Å². The maximum atomic E-state index is 12.8. The van der Waals surface area contributed by atoms with Crippen LogP contribution in [0, 0.1) is 5.92 Å². The van der Waals surface area contributed by atoms with Crippen LogP contribution in [0.3, 0.4) is 0 Å². The average Bonchev–Trinajstić information content (AvgIpc) is 3.28. The van der Waals surface area contributed by atoms with Gasteiger partial charge < -0.3 is 15.1 Å². The first-order chi connectivity index (χ1) is 14.0. The van der Waals surface area contributed by atoms with Crippen LogP contribution >= 0.6 is 15.9 Å². The van der Waals surface area contributed by atoms with Gasteiger partial charge in [0.25, 0.3) is 0 Å². The zero-order valence-electron chi connectivity index (χ0n) is 15.9. The van der Waals surface area contributed by atoms with Gasteiger partial charge in [-0.1, -0.05) is 34.1 Å². The Labute approximate surface area is 178 Å². The molecule has 2 aliphatic rings. The Morgan fingerprint density at radius 3 is 2.69 bits per heavy atom. The van der Waals surface area contributed by atoms with Gasteiger partial charge in [0.2, 0.25) is 17.7 Å². The zero-order valence-corrected chi connectivity index (χ0v) is 17.5. The molecule has 2 heterocycles. The minimum Gasteiger partial charge on any atom is -0.338 e. The monoisotopic (exact) mass is 455 g/mol. The zero-order chi connectivity index (χ0) is 20.4. The molecular formula is C22H22BrN3O3. The number of rotatable bonds is 5.